The van der Waals surface area contributed by atoms with E-state index in [2.05, 4.69) is 42.8 Å². The number of thioether (sulfide) groups is 1. The Kier molecular flexibility index (Phi) is 2.91. The van der Waals surface area contributed by atoms with Crippen LogP contribution in [0.1, 0.15) is 32.4 Å². The standard InChI is InChI=1S/C12H15BrOS/c1-7-11(14)9-6-8(13)4-5-10(9)15-12(7,2)3/h4-7,11,14H,1-3H3. The van der Waals surface area contributed by atoms with Crippen molar-refractivity contribution in [1.29, 1.82) is 0 Å². The van der Waals surface area contributed by atoms with Gasteiger partial charge in [-0.3, -0.25) is 0 Å². The third-order valence-corrected chi connectivity index (χ3v) is 5.22. The highest BCUT2D eigenvalue weighted by atomic mass is 79.9. The molecule has 0 bridgehead atoms. The van der Waals surface area contributed by atoms with E-state index < -0.39 is 0 Å². The predicted octanol–water partition coefficient (Wildman–Crippen LogP) is 4.00. The Bertz CT molecular complexity index is 389. The van der Waals surface area contributed by atoms with Crippen LogP contribution in [0.3, 0.4) is 0 Å². The van der Waals surface area contributed by atoms with Crippen molar-refractivity contribution < 1.29 is 5.11 Å². The Morgan fingerprint density at radius 3 is 2.73 bits per heavy atom. The molecular weight excluding hydrogens is 272 g/mol. The molecule has 3 heteroatoms. The second-order valence-corrected chi connectivity index (χ2v) is 7.23. The molecule has 0 saturated carbocycles. The number of benzene rings is 1. The van der Waals surface area contributed by atoms with Crippen molar-refractivity contribution in [2.45, 2.75) is 36.5 Å². The van der Waals surface area contributed by atoms with Crippen LogP contribution in [0, 0.1) is 5.92 Å². The Morgan fingerprint density at radius 1 is 1.40 bits per heavy atom. The molecule has 0 radical (unpaired) electrons. The second kappa shape index (κ2) is 3.79. The van der Waals surface area contributed by atoms with Crippen LogP contribution in [0.5, 0.6) is 0 Å². The normalized spacial score (nSPS) is 28.6. The first-order valence-electron chi connectivity index (χ1n) is 5.08. The smallest absolute Gasteiger partial charge is 0.0839 e. The summed E-state index contributed by atoms with van der Waals surface area (Å²) in [6, 6.07) is 6.14. The van der Waals surface area contributed by atoms with Crippen LogP contribution in [0.15, 0.2) is 27.6 Å². The van der Waals surface area contributed by atoms with Gasteiger partial charge in [-0.15, -0.1) is 11.8 Å². The van der Waals surface area contributed by atoms with Crippen molar-refractivity contribution in [3.8, 4) is 0 Å². The van der Waals surface area contributed by atoms with E-state index in [-0.39, 0.29) is 16.8 Å². The van der Waals surface area contributed by atoms with E-state index in [0.717, 1.165) is 10.0 Å². The van der Waals surface area contributed by atoms with Crippen molar-refractivity contribution in [3.63, 3.8) is 0 Å². The molecule has 1 heterocycles. The fraction of sp³-hybridized carbons (Fsp3) is 0.500. The number of aliphatic hydroxyl groups is 1. The zero-order valence-corrected chi connectivity index (χ0v) is 11.5. The highest BCUT2D eigenvalue weighted by Crippen LogP contribution is 2.51. The summed E-state index contributed by atoms with van der Waals surface area (Å²) in [6.07, 6.45) is -0.353. The van der Waals surface area contributed by atoms with Crippen molar-refractivity contribution in [3.05, 3.63) is 28.2 Å². The van der Waals surface area contributed by atoms with Gasteiger partial charge in [0, 0.05) is 20.0 Å². The molecule has 1 aliphatic rings. The molecule has 1 nitrogen and oxygen atoms in total. The van der Waals surface area contributed by atoms with E-state index in [1.807, 2.05) is 23.9 Å². The summed E-state index contributed by atoms with van der Waals surface area (Å²) >= 11 is 5.30. The van der Waals surface area contributed by atoms with E-state index in [0.29, 0.717) is 0 Å². The van der Waals surface area contributed by atoms with Crippen LogP contribution in [0.4, 0.5) is 0 Å². The lowest BCUT2D eigenvalue weighted by molar-refractivity contribution is 0.0950. The first-order valence-corrected chi connectivity index (χ1v) is 6.69. The maximum atomic E-state index is 10.3. The Morgan fingerprint density at radius 2 is 2.07 bits per heavy atom. The molecule has 15 heavy (non-hydrogen) atoms. The van der Waals surface area contributed by atoms with Crippen LogP contribution in [0.2, 0.25) is 0 Å². The SMILES string of the molecule is CC1C(O)c2cc(Br)ccc2SC1(C)C. The minimum atomic E-state index is -0.353. The van der Waals surface area contributed by atoms with Gasteiger partial charge in [0.05, 0.1) is 6.10 Å². The third-order valence-electron chi connectivity index (χ3n) is 3.23. The summed E-state index contributed by atoms with van der Waals surface area (Å²) in [5, 5.41) is 10.3. The summed E-state index contributed by atoms with van der Waals surface area (Å²) < 4.78 is 1.13. The lowest BCUT2D eigenvalue weighted by Gasteiger charge is -2.40. The average Bonchev–Trinajstić information content (AvgIpc) is 2.16. The maximum absolute atomic E-state index is 10.3. The van der Waals surface area contributed by atoms with Crippen LogP contribution >= 0.6 is 27.7 Å². The van der Waals surface area contributed by atoms with Crippen LogP contribution in [-0.4, -0.2) is 9.85 Å². The largest absolute Gasteiger partial charge is 0.388 e. The first-order chi connectivity index (χ1) is 6.92. The summed E-state index contributed by atoms with van der Waals surface area (Å²) in [6.45, 7) is 6.49. The molecule has 82 valence electrons. The molecule has 1 N–H and O–H groups in total. The predicted molar refractivity (Wildman–Crippen MR) is 68.2 cm³/mol. The summed E-state index contributed by atoms with van der Waals surface area (Å²) in [5.41, 5.74) is 1.06. The van der Waals surface area contributed by atoms with Gasteiger partial charge in [0.25, 0.3) is 0 Å². The molecule has 2 rings (SSSR count). The first kappa shape index (κ1) is 11.5. The number of aliphatic hydroxyl groups excluding tert-OH is 1. The van der Waals surface area contributed by atoms with Crippen molar-refractivity contribution in [2.75, 3.05) is 0 Å². The lowest BCUT2D eigenvalue weighted by atomic mass is 9.87. The highest BCUT2D eigenvalue weighted by molar-refractivity contribution is 9.10. The highest BCUT2D eigenvalue weighted by Gasteiger charge is 2.38. The van der Waals surface area contributed by atoms with Gasteiger partial charge in [0.2, 0.25) is 0 Å². The summed E-state index contributed by atoms with van der Waals surface area (Å²) in [7, 11) is 0. The molecular formula is C12H15BrOS. The quantitative estimate of drug-likeness (QED) is 0.778. The molecule has 2 atom stereocenters. The summed E-state index contributed by atoms with van der Waals surface area (Å²) in [4.78, 5) is 1.20. The van der Waals surface area contributed by atoms with Gasteiger partial charge in [-0.2, -0.15) is 0 Å². The van der Waals surface area contributed by atoms with E-state index in [4.69, 9.17) is 0 Å². The zero-order chi connectivity index (χ0) is 11.2. The average molecular weight is 287 g/mol. The summed E-state index contributed by atoms with van der Waals surface area (Å²) in [5.74, 6) is 0.268. The lowest BCUT2D eigenvalue weighted by Crippen LogP contribution is -2.34. The number of fused-ring (bicyclic) bond motifs is 1. The molecule has 2 unspecified atom stereocenters. The van der Waals surface area contributed by atoms with E-state index in [9.17, 15) is 5.11 Å². The van der Waals surface area contributed by atoms with Crippen molar-refractivity contribution in [1.82, 2.24) is 0 Å². The zero-order valence-electron chi connectivity index (χ0n) is 9.12. The fourth-order valence-electron chi connectivity index (χ4n) is 1.87. The maximum Gasteiger partial charge on any atom is 0.0839 e. The van der Waals surface area contributed by atoms with E-state index in [1.165, 1.54) is 4.90 Å². The number of halogens is 1. The third kappa shape index (κ3) is 1.97. The van der Waals surface area contributed by atoms with Gasteiger partial charge in [0.1, 0.15) is 0 Å². The van der Waals surface area contributed by atoms with Crippen LogP contribution in [0.25, 0.3) is 0 Å². The van der Waals surface area contributed by atoms with E-state index >= 15 is 0 Å². The van der Waals surface area contributed by atoms with Gasteiger partial charge in [-0.05, 0) is 37.6 Å². The Balaban J connectivity index is 2.50. The molecule has 1 aromatic carbocycles. The van der Waals surface area contributed by atoms with Gasteiger partial charge in [-0.25, -0.2) is 0 Å². The van der Waals surface area contributed by atoms with Gasteiger partial charge < -0.3 is 5.11 Å². The van der Waals surface area contributed by atoms with Gasteiger partial charge in [0.15, 0.2) is 0 Å². The number of hydrogen-bond donors (Lipinski definition) is 1. The van der Waals surface area contributed by atoms with Crippen molar-refractivity contribution >= 4 is 27.7 Å². The van der Waals surface area contributed by atoms with Crippen LogP contribution in [-0.2, 0) is 0 Å². The molecule has 0 aliphatic carbocycles. The molecule has 0 spiro atoms. The molecule has 1 aliphatic heterocycles. The Hall–Kier alpha value is 0.01000. The Labute approximate surface area is 103 Å². The molecule has 0 fully saturated rings. The number of hydrogen-bond acceptors (Lipinski definition) is 2. The monoisotopic (exact) mass is 286 g/mol. The number of rotatable bonds is 0. The van der Waals surface area contributed by atoms with E-state index in [1.54, 1.807) is 0 Å². The van der Waals surface area contributed by atoms with Gasteiger partial charge in [-0.1, -0.05) is 22.9 Å². The molecule has 0 amide bonds. The minimum Gasteiger partial charge on any atom is -0.388 e. The molecule has 0 aromatic heterocycles. The molecule has 1 aromatic rings. The van der Waals surface area contributed by atoms with Crippen molar-refractivity contribution in [2.24, 2.45) is 5.92 Å². The molecule has 0 saturated heterocycles. The van der Waals surface area contributed by atoms with Gasteiger partial charge >= 0.3 is 0 Å². The second-order valence-electron chi connectivity index (χ2n) is 4.62. The fourth-order valence-corrected chi connectivity index (χ4v) is 3.56. The van der Waals surface area contributed by atoms with Crippen LogP contribution < -0.4 is 0 Å². The minimum absolute atomic E-state index is 0.0975. The topological polar surface area (TPSA) is 20.2 Å².